The molecular formula is C13H17IO6. The largest absolute Gasteiger partial charge is 0.491 e. The SMILES string of the molecule is COCCOCCOc1ccc(I=O)c(CC(=O)O)c1. The fourth-order valence-corrected chi connectivity index (χ4v) is 2.43. The van der Waals surface area contributed by atoms with Gasteiger partial charge >= 0.3 is 5.97 Å². The molecule has 1 N–H and O–H groups in total. The van der Waals surface area contributed by atoms with E-state index in [2.05, 4.69) is 0 Å². The first-order valence-electron chi connectivity index (χ1n) is 5.98. The first-order valence-corrected chi connectivity index (χ1v) is 7.94. The Kier molecular flexibility index (Phi) is 8.31. The third-order valence-corrected chi connectivity index (χ3v) is 3.90. The molecule has 0 amide bonds. The lowest BCUT2D eigenvalue weighted by molar-refractivity contribution is -0.136. The average Bonchev–Trinajstić information content (AvgIpc) is 2.42. The topological polar surface area (TPSA) is 82.1 Å². The van der Waals surface area contributed by atoms with Gasteiger partial charge < -0.3 is 19.3 Å². The zero-order valence-electron chi connectivity index (χ0n) is 11.1. The van der Waals surface area contributed by atoms with Crippen molar-refractivity contribution in [3.05, 3.63) is 27.3 Å². The minimum absolute atomic E-state index is 0.154. The molecule has 0 unspecified atom stereocenters. The molecule has 1 aromatic carbocycles. The molecule has 0 aliphatic heterocycles. The van der Waals surface area contributed by atoms with Crippen molar-refractivity contribution in [2.75, 3.05) is 33.5 Å². The third-order valence-electron chi connectivity index (χ3n) is 2.37. The van der Waals surface area contributed by atoms with Crippen molar-refractivity contribution in [1.82, 2.24) is 0 Å². The smallest absolute Gasteiger partial charge is 0.307 e. The second-order valence-electron chi connectivity index (χ2n) is 3.85. The number of carbonyl (C=O) groups is 1. The van der Waals surface area contributed by atoms with E-state index < -0.39 is 27.2 Å². The molecule has 0 fully saturated rings. The number of hydrogen-bond donors (Lipinski definition) is 1. The van der Waals surface area contributed by atoms with Crippen LogP contribution < -0.4 is 4.74 Å². The minimum atomic E-state index is -1.39. The normalized spacial score (nSPS) is 10.4. The van der Waals surface area contributed by atoms with Crippen molar-refractivity contribution >= 4 is 27.2 Å². The summed E-state index contributed by atoms with van der Waals surface area (Å²) in [6.07, 6.45) is -0.154. The van der Waals surface area contributed by atoms with E-state index in [1.54, 1.807) is 25.3 Å². The number of hydrogen-bond acceptors (Lipinski definition) is 5. The summed E-state index contributed by atoms with van der Waals surface area (Å²) in [5.41, 5.74) is 0.540. The van der Waals surface area contributed by atoms with Crippen molar-refractivity contribution in [2.24, 2.45) is 0 Å². The Morgan fingerprint density at radius 3 is 2.65 bits per heavy atom. The lowest BCUT2D eigenvalue weighted by Gasteiger charge is -2.09. The van der Waals surface area contributed by atoms with E-state index in [1.807, 2.05) is 0 Å². The third kappa shape index (κ3) is 6.40. The van der Waals surface area contributed by atoms with Gasteiger partial charge in [0.2, 0.25) is 0 Å². The van der Waals surface area contributed by atoms with Gasteiger partial charge in [-0.05, 0) is 23.8 Å². The van der Waals surface area contributed by atoms with Crippen LogP contribution in [0.4, 0.5) is 0 Å². The molecule has 0 aliphatic rings. The molecule has 7 heteroatoms. The number of methoxy groups -OCH3 is 1. The highest BCUT2D eigenvalue weighted by atomic mass is 127. The quantitative estimate of drug-likeness (QED) is 0.480. The molecule has 112 valence electrons. The number of rotatable bonds is 10. The maximum Gasteiger partial charge on any atom is 0.307 e. The zero-order valence-corrected chi connectivity index (χ0v) is 13.3. The van der Waals surface area contributed by atoms with Crippen LogP contribution in [0.5, 0.6) is 5.75 Å². The maximum atomic E-state index is 11.1. The monoisotopic (exact) mass is 396 g/mol. The van der Waals surface area contributed by atoms with Crippen molar-refractivity contribution in [2.45, 2.75) is 6.42 Å². The molecule has 0 aliphatic carbocycles. The molecule has 20 heavy (non-hydrogen) atoms. The van der Waals surface area contributed by atoms with Crippen LogP contribution in [-0.2, 0) is 23.8 Å². The summed E-state index contributed by atoms with van der Waals surface area (Å²) < 4.78 is 27.2. The molecule has 0 spiro atoms. The fourth-order valence-electron chi connectivity index (χ4n) is 1.48. The molecule has 1 rings (SSSR count). The summed E-state index contributed by atoms with van der Waals surface area (Å²) in [6, 6.07) is 4.96. The number of carboxylic acids is 1. The van der Waals surface area contributed by atoms with E-state index in [0.29, 0.717) is 41.3 Å². The highest BCUT2D eigenvalue weighted by Crippen LogP contribution is 2.22. The van der Waals surface area contributed by atoms with E-state index in [-0.39, 0.29) is 6.42 Å². The predicted molar refractivity (Wildman–Crippen MR) is 79.4 cm³/mol. The summed E-state index contributed by atoms with van der Waals surface area (Å²) in [7, 11) is 1.60. The van der Waals surface area contributed by atoms with E-state index in [1.165, 1.54) is 0 Å². The summed E-state index contributed by atoms with van der Waals surface area (Å²) >= 11 is -1.39. The van der Waals surface area contributed by atoms with Crippen LogP contribution in [0.15, 0.2) is 18.2 Å². The van der Waals surface area contributed by atoms with Gasteiger partial charge in [0.25, 0.3) is 0 Å². The van der Waals surface area contributed by atoms with Crippen LogP contribution >= 0.6 is 21.2 Å². The van der Waals surface area contributed by atoms with Crippen LogP contribution in [0.2, 0.25) is 0 Å². The van der Waals surface area contributed by atoms with Gasteiger partial charge in [-0.25, -0.2) is 0 Å². The van der Waals surface area contributed by atoms with Gasteiger partial charge in [0.1, 0.15) is 12.4 Å². The molecule has 0 radical (unpaired) electrons. The van der Waals surface area contributed by atoms with Crippen molar-refractivity contribution in [3.8, 4) is 5.75 Å². The highest BCUT2D eigenvalue weighted by molar-refractivity contribution is 14.1. The summed E-state index contributed by atoms with van der Waals surface area (Å²) in [5, 5.41) is 8.81. The Morgan fingerprint density at radius 1 is 1.25 bits per heavy atom. The van der Waals surface area contributed by atoms with Gasteiger partial charge in [0.15, 0.2) is 21.2 Å². The highest BCUT2D eigenvalue weighted by Gasteiger charge is 2.09. The van der Waals surface area contributed by atoms with Crippen LogP contribution in [0.1, 0.15) is 5.56 Å². The molecular weight excluding hydrogens is 379 g/mol. The van der Waals surface area contributed by atoms with E-state index in [0.717, 1.165) is 0 Å². The van der Waals surface area contributed by atoms with Crippen molar-refractivity contribution in [1.29, 1.82) is 0 Å². The summed E-state index contributed by atoms with van der Waals surface area (Å²) in [5.74, 6) is -0.401. The first kappa shape index (κ1) is 17.0. The number of carboxylic acid groups (broad SMARTS) is 1. The Balaban J connectivity index is 2.49. The van der Waals surface area contributed by atoms with Crippen LogP contribution in [0.25, 0.3) is 0 Å². The van der Waals surface area contributed by atoms with Gasteiger partial charge in [-0.1, -0.05) is 0 Å². The van der Waals surface area contributed by atoms with Crippen molar-refractivity contribution in [3.63, 3.8) is 0 Å². The second kappa shape index (κ2) is 9.78. The number of benzene rings is 1. The van der Waals surface area contributed by atoms with Gasteiger partial charge in [0, 0.05) is 7.11 Å². The average molecular weight is 396 g/mol. The number of halogens is 1. The Hall–Kier alpha value is -1.06. The standard InChI is InChI=1S/C13H17IO6/c1-18-4-5-19-6-7-20-11-2-3-12(14-17)10(8-11)9-13(15)16/h2-3,8H,4-7,9H2,1H3,(H,15,16). The molecule has 0 saturated heterocycles. The van der Waals surface area contributed by atoms with Crippen LogP contribution in [0.3, 0.4) is 0 Å². The van der Waals surface area contributed by atoms with Gasteiger partial charge in [-0.3, -0.25) is 7.86 Å². The lowest BCUT2D eigenvalue weighted by atomic mass is 10.1. The van der Waals surface area contributed by atoms with Gasteiger partial charge in [-0.2, -0.15) is 0 Å². The Labute approximate surface area is 127 Å². The summed E-state index contributed by atoms with van der Waals surface area (Å²) in [4.78, 5) is 10.7. The molecule has 0 atom stereocenters. The first-order chi connectivity index (χ1) is 9.67. The predicted octanol–water partition coefficient (Wildman–Crippen LogP) is 1.84. The number of aliphatic carboxylic acids is 1. The molecule has 6 nitrogen and oxygen atoms in total. The Bertz CT molecular complexity index is 448. The lowest BCUT2D eigenvalue weighted by Crippen LogP contribution is -2.10. The maximum absolute atomic E-state index is 11.1. The molecule has 0 bridgehead atoms. The van der Waals surface area contributed by atoms with Gasteiger partial charge in [0.05, 0.1) is 29.8 Å². The fraction of sp³-hybridized carbons (Fsp3) is 0.462. The molecule has 1 aromatic rings. The van der Waals surface area contributed by atoms with Gasteiger partial charge in [-0.15, -0.1) is 0 Å². The van der Waals surface area contributed by atoms with Crippen molar-refractivity contribution < 1.29 is 27.2 Å². The molecule has 0 heterocycles. The van der Waals surface area contributed by atoms with E-state index in [9.17, 15) is 7.86 Å². The second-order valence-corrected chi connectivity index (χ2v) is 5.46. The summed E-state index contributed by atoms with van der Waals surface area (Å²) in [6.45, 7) is 1.82. The molecule has 0 aromatic heterocycles. The Morgan fingerprint density at radius 2 is 2.00 bits per heavy atom. The number of ether oxygens (including phenoxy) is 3. The van der Waals surface area contributed by atoms with Crippen LogP contribution in [0, 0.1) is 3.57 Å². The molecule has 0 saturated carbocycles. The van der Waals surface area contributed by atoms with E-state index >= 15 is 0 Å². The zero-order chi connectivity index (χ0) is 14.8. The minimum Gasteiger partial charge on any atom is -0.491 e. The van der Waals surface area contributed by atoms with E-state index in [4.69, 9.17) is 19.3 Å². The van der Waals surface area contributed by atoms with Crippen LogP contribution in [-0.4, -0.2) is 44.6 Å².